The van der Waals surface area contributed by atoms with Crippen LogP contribution in [0.15, 0.2) is 12.1 Å². The van der Waals surface area contributed by atoms with Gasteiger partial charge in [-0.1, -0.05) is 18.0 Å². The lowest BCUT2D eigenvalue weighted by atomic mass is 10.1. The fraction of sp³-hybridized carbons (Fsp3) is 0.625. The highest BCUT2D eigenvalue weighted by molar-refractivity contribution is 6.32. The van der Waals surface area contributed by atoms with E-state index in [0.717, 1.165) is 37.9 Å². The van der Waals surface area contributed by atoms with E-state index in [4.69, 9.17) is 21.1 Å². The molecule has 0 spiro atoms. The van der Waals surface area contributed by atoms with E-state index in [1.165, 1.54) is 0 Å². The highest BCUT2D eigenvalue weighted by atomic mass is 35.5. The normalized spacial score (nSPS) is 21.8. The molecule has 2 unspecified atom stereocenters. The van der Waals surface area contributed by atoms with Gasteiger partial charge in [-0.05, 0) is 43.5 Å². The molecule has 1 aromatic carbocycles. The topological polar surface area (TPSA) is 41.9 Å². The second kappa shape index (κ2) is 7.34. The number of methoxy groups -OCH3 is 2. The Morgan fingerprint density at radius 3 is 2.62 bits per heavy atom. The van der Waals surface area contributed by atoms with Crippen LogP contribution in [-0.2, 0) is 6.54 Å². The minimum Gasteiger partial charge on any atom is -0.493 e. The highest BCUT2D eigenvalue weighted by Crippen LogP contribution is 2.36. The van der Waals surface area contributed by atoms with Gasteiger partial charge in [0.05, 0.1) is 25.3 Å². The van der Waals surface area contributed by atoms with Crippen molar-refractivity contribution in [1.82, 2.24) is 4.90 Å². The van der Waals surface area contributed by atoms with Gasteiger partial charge in [0.15, 0.2) is 11.5 Å². The molecular formula is C16H24ClNO3. The van der Waals surface area contributed by atoms with E-state index in [1.54, 1.807) is 14.2 Å². The Hall–Kier alpha value is -0.970. The van der Waals surface area contributed by atoms with Crippen LogP contribution < -0.4 is 9.47 Å². The highest BCUT2D eigenvalue weighted by Gasteiger charge is 2.26. The second-order valence-corrected chi connectivity index (χ2v) is 6.18. The van der Waals surface area contributed by atoms with Crippen molar-refractivity contribution in [3.63, 3.8) is 0 Å². The van der Waals surface area contributed by atoms with Gasteiger partial charge in [-0.3, -0.25) is 0 Å². The Morgan fingerprint density at radius 2 is 2.05 bits per heavy atom. The standard InChI is InChI=1S/C16H24ClNO3/c1-18(10-12-5-4-6-14(12)19)9-11-7-13(17)16(21-3)15(8-11)20-2/h7-8,12,14,19H,4-6,9-10H2,1-3H3. The van der Waals surface area contributed by atoms with Crippen LogP contribution in [0, 0.1) is 5.92 Å². The van der Waals surface area contributed by atoms with E-state index in [0.29, 0.717) is 22.4 Å². The summed E-state index contributed by atoms with van der Waals surface area (Å²) in [5.41, 5.74) is 1.08. The predicted octanol–water partition coefficient (Wildman–Crippen LogP) is 2.95. The fourth-order valence-corrected chi connectivity index (χ4v) is 3.38. The van der Waals surface area contributed by atoms with Crippen LogP contribution >= 0.6 is 11.6 Å². The molecule has 5 heteroatoms. The number of rotatable bonds is 6. The number of benzene rings is 1. The molecule has 0 saturated heterocycles. The Balaban J connectivity index is 2.03. The van der Waals surface area contributed by atoms with Gasteiger partial charge in [0, 0.05) is 13.1 Å². The molecule has 0 aromatic heterocycles. The molecule has 0 aliphatic heterocycles. The molecule has 118 valence electrons. The Bertz CT molecular complexity index is 481. The number of hydrogen-bond acceptors (Lipinski definition) is 4. The first-order valence-electron chi connectivity index (χ1n) is 7.32. The van der Waals surface area contributed by atoms with Crippen LogP contribution in [0.3, 0.4) is 0 Å². The first-order valence-corrected chi connectivity index (χ1v) is 7.70. The molecule has 0 bridgehead atoms. The second-order valence-electron chi connectivity index (χ2n) is 5.77. The molecule has 1 aliphatic carbocycles. The van der Waals surface area contributed by atoms with E-state index in [-0.39, 0.29) is 6.10 Å². The summed E-state index contributed by atoms with van der Waals surface area (Å²) in [6, 6.07) is 3.86. The summed E-state index contributed by atoms with van der Waals surface area (Å²) in [6.07, 6.45) is 3.02. The molecule has 4 nitrogen and oxygen atoms in total. The number of halogens is 1. The van der Waals surface area contributed by atoms with E-state index < -0.39 is 0 Å². The van der Waals surface area contributed by atoms with E-state index in [2.05, 4.69) is 11.9 Å². The predicted molar refractivity (Wildman–Crippen MR) is 84.2 cm³/mol. The van der Waals surface area contributed by atoms with Gasteiger partial charge in [0.2, 0.25) is 0 Å². The Labute approximate surface area is 131 Å². The first-order chi connectivity index (χ1) is 10.0. The van der Waals surface area contributed by atoms with Crippen molar-refractivity contribution in [1.29, 1.82) is 0 Å². The molecule has 1 aliphatic rings. The summed E-state index contributed by atoms with van der Waals surface area (Å²) in [5, 5.41) is 10.5. The molecule has 1 N–H and O–H groups in total. The zero-order valence-electron chi connectivity index (χ0n) is 12.9. The lowest BCUT2D eigenvalue weighted by Crippen LogP contribution is -2.29. The summed E-state index contributed by atoms with van der Waals surface area (Å²) in [4.78, 5) is 2.22. The molecule has 0 amide bonds. The van der Waals surface area contributed by atoms with Crippen LogP contribution in [0.1, 0.15) is 24.8 Å². The molecule has 21 heavy (non-hydrogen) atoms. The summed E-state index contributed by atoms with van der Waals surface area (Å²) in [5.74, 6) is 1.59. The molecule has 2 rings (SSSR count). The van der Waals surface area contributed by atoms with Crippen molar-refractivity contribution in [2.24, 2.45) is 5.92 Å². The SMILES string of the molecule is COc1cc(CN(C)CC2CCCC2O)cc(Cl)c1OC. The van der Waals surface area contributed by atoms with Gasteiger partial charge in [-0.2, -0.15) is 0 Å². The van der Waals surface area contributed by atoms with E-state index in [9.17, 15) is 5.11 Å². The molecule has 1 aromatic rings. The maximum atomic E-state index is 9.91. The largest absolute Gasteiger partial charge is 0.493 e. The van der Waals surface area contributed by atoms with Crippen molar-refractivity contribution in [3.8, 4) is 11.5 Å². The third-order valence-electron chi connectivity index (χ3n) is 4.11. The van der Waals surface area contributed by atoms with Crippen molar-refractivity contribution < 1.29 is 14.6 Å². The number of nitrogens with zero attached hydrogens (tertiary/aromatic N) is 1. The summed E-state index contributed by atoms with van der Waals surface area (Å²) >= 11 is 6.23. The molecule has 0 heterocycles. The smallest absolute Gasteiger partial charge is 0.179 e. The third kappa shape index (κ3) is 4.02. The molecule has 1 saturated carbocycles. The Morgan fingerprint density at radius 1 is 1.29 bits per heavy atom. The van der Waals surface area contributed by atoms with Crippen LogP contribution in [0.5, 0.6) is 11.5 Å². The van der Waals surface area contributed by atoms with E-state index in [1.807, 2.05) is 12.1 Å². The number of aliphatic hydroxyl groups excluding tert-OH is 1. The minimum absolute atomic E-state index is 0.151. The summed E-state index contributed by atoms with van der Waals surface area (Å²) in [7, 11) is 5.25. The minimum atomic E-state index is -0.151. The van der Waals surface area contributed by atoms with Crippen molar-refractivity contribution in [3.05, 3.63) is 22.7 Å². The monoisotopic (exact) mass is 313 g/mol. The van der Waals surface area contributed by atoms with E-state index >= 15 is 0 Å². The van der Waals surface area contributed by atoms with Crippen molar-refractivity contribution >= 4 is 11.6 Å². The van der Waals surface area contributed by atoms with Crippen molar-refractivity contribution in [2.45, 2.75) is 31.9 Å². The average Bonchev–Trinajstić information content (AvgIpc) is 2.83. The van der Waals surface area contributed by atoms with Crippen molar-refractivity contribution in [2.75, 3.05) is 27.8 Å². The molecule has 1 fully saturated rings. The first kappa shape index (κ1) is 16.4. The molecule has 2 atom stereocenters. The van der Waals surface area contributed by atoms with Gasteiger partial charge >= 0.3 is 0 Å². The van der Waals surface area contributed by atoms with Crippen LogP contribution in [0.25, 0.3) is 0 Å². The third-order valence-corrected chi connectivity index (χ3v) is 4.39. The van der Waals surface area contributed by atoms with Crippen LogP contribution in [0.2, 0.25) is 5.02 Å². The molecule has 0 radical (unpaired) electrons. The van der Waals surface area contributed by atoms with Gasteiger partial charge in [0.25, 0.3) is 0 Å². The fourth-order valence-electron chi connectivity index (χ4n) is 3.07. The quantitative estimate of drug-likeness (QED) is 0.877. The van der Waals surface area contributed by atoms with Gasteiger partial charge in [0.1, 0.15) is 0 Å². The number of hydrogen-bond donors (Lipinski definition) is 1. The number of aliphatic hydroxyl groups is 1. The summed E-state index contributed by atoms with van der Waals surface area (Å²) < 4.78 is 10.6. The maximum absolute atomic E-state index is 9.91. The zero-order valence-corrected chi connectivity index (χ0v) is 13.7. The maximum Gasteiger partial charge on any atom is 0.179 e. The van der Waals surface area contributed by atoms with Gasteiger partial charge in [-0.25, -0.2) is 0 Å². The van der Waals surface area contributed by atoms with Gasteiger partial charge < -0.3 is 19.5 Å². The summed E-state index contributed by atoms with van der Waals surface area (Å²) in [6.45, 7) is 1.66. The van der Waals surface area contributed by atoms with Crippen LogP contribution in [0.4, 0.5) is 0 Å². The van der Waals surface area contributed by atoms with Crippen LogP contribution in [-0.4, -0.2) is 43.9 Å². The Kier molecular flexibility index (Phi) is 5.73. The lowest BCUT2D eigenvalue weighted by molar-refractivity contribution is 0.108. The zero-order chi connectivity index (χ0) is 15.4. The lowest BCUT2D eigenvalue weighted by Gasteiger charge is -2.23. The number of ether oxygens (including phenoxy) is 2. The average molecular weight is 314 g/mol. The van der Waals surface area contributed by atoms with Gasteiger partial charge in [-0.15, -0.1) is 0 Å². The molecular weight excluding hydrogens is 290 g/mol.